The van der Waals surface area contributed by atoms with E-state index < -0.39 is 19.3 Å². The molecule has 0 amide bonds. The van der Waals surface area contributed by atoms with E-state index >= 15 is 0 Å². The van der Waals surface area contributed by atoms with Crippen LogP contribution in [0.1, 0.15) is 26.7 Å². The van der Waals surface area contributed by atoms with Gasteiger partial charge in [-0.05, 0) is 26.7 Å². The van der Waals surface area contributed by atoms with Crippen molar-refractivity contribution in [1.29, 1.82) is 0 Å². The van der Waals surface area contributed by atoms with Crippen molar-refractivity contribution < 1.29 is 8.42 Å². The van der Waals surface area contributed by atoms with Gasteiger partial charge in [0.1, 0.15) is 0 Å². The minimum atomic E-state index is -3.04. The summed E-state index contributed by atoms with van der Waals surface area (Å²) in [5.41, 5.74) is 0. The molecular weight excluding hydrogens is 184 g/mol. The monoisotopic (exact) mass is 198 g/mol. The van der Waals surface area contributed by atoms with E-state index in [2.05, 4.69) is 0 Å². The Morgan fingerprint density at radius 3 is 1.77 bits per heavy atom. The maximum absolute atomic E-state index is 12.1. The first-order valence-electron chi connectivity index (χ1n) is 4.53. The van der Waals surface area contributed by atoms with Gasteiger partial charge in [0.25, 0.3) is 0 Å². The lowest BCUT2D eigenvalue weighted by Crippen LogP contribution is -2.37. The van der Waals surface area contributed by atoms with Crippen LogP contribution in [0.15, 0.2) is 24.3 Å². The summed E-state index contributed by atoms with van der Waals surface area (Å²) in [6, 6.07) is 0. The van der Waals surface area contributed by atoms with Crippen molar-refractivity contribution in [2.24, 2.45) is 0 Å². The number of sulfone groups is 1. The third-order valence-electron chi connectivity index (χ3n) is 3.35. The summed E-state index contributed by atoms with van der Waals surface area (Å²) >= 11 is 0. The molecule has 0 N–H and O–H groups in total. The van der Waals surface area contributed by atoms with E-state index in [1.165, 1.54) is 0 Å². The maximum atomic E-state index is 12.1. The Morgan fingerprint density at radius 2 is 1.38 bits per heavy atom. The summed E-state index contributed by atoms with van der Waals surface area (Å²) in [5.74, 6) is 0. The van der Waals surface area contributed by atoms with E-state index in [0.717, 1.165) is 12.8 Å². The van der Waals surface area contributed by atoms with Gasteiger partial charge in [-0.25, -0.2) is 8.42 Å². The average molecular weight is 198 g/mol. The summed E-state index contributed by atoms with van der Waals surface area (Å²) in [5, 5.41) is 0. The highest BCUT2D eigenvalue weighted by atomic mass is 32.2. The van der Waals surface area contributed by atoms with Crippen LogP contribution in [0.2, 0.25) is 0 Å². The average Bonchev–Trinajstić information content (AvgIpc) is 2.15. The summed E-state index contributed by atoms with van der Waals surface area (Å²) in [6.45, 7) is 3.63. The molecule has 72 valence electrons. The predicted octanol–water partition coefficient (Wildman–Crippen LogP) is 1.84. The van der Waals surface area contributed by atoms with Crippen LogP contribution in [-0.4, -0.2) is 17.9 Å². The van der Waals surface area contributed by atoms with Gasteiger partial charge in [0.2, 0.25) is 0 Å². The number of fused-ring (bicyclic) bond motifs is 2. The van der Waals surface area contributed by atoms with Crippen molar-refractivity contribution >= 4 is 9.84 Å². The van der Waals surface area contributed by atoms with Crippen molar-refractivity contribution in [2.45, 2.75) is 36.2 Å². The van der Waals surface area contributed by atoms with Crippen LogP contribution in [0.25, 0.3) is 0 Å². The van der Waals surface area contributed by atoms with Crippen molar-refractivity contribution in [3.05, 3.63) is 24.3 Å². The van der Waals surface area contributed by atoms with Crippen LogP contribution in [0.5, 0.6) is 0 Å². The number of hydrogen-bond acceptors (Lipinski definition) is 2. The molecule has 1 fully saturated rings. The number of hydrogen-bond donors (Lipinski definition) is 0. The fourth-order valence-electron chi connectivity index (χ4n) is 2.16. The van der Waals surface area contributed by atoms with E-state index in [1.54, 1.807) is 0 Å². The fourth-order valence-corrected chi connectivity index (χ4v) is 4.48. The first-order chi connectivity index (χ1) is 5.91. The van der Waals surface area contributed by atoms with Gasteiger partial charge in [0, 0.05) is 0 Å². The molecule has 0 aliphatic carbocycles. The zero-order valence-corrected chi connectivity index (χ0v) is 8.76. The minimum Gasteiger partial charge on any atom is -0.227 e. The van der Waals surface area contributed by atoms with Gasteiger partial charge in [-0.3, -0.25) is 0 Å². The summed E-state index contributed by atoms with van der Waals surface area (Å²) < 4.78 is 23.0. The Bertz CT molecular complexity index is 359. The highest BCUT2D eigenvalue weighted by molar-refractivity contribution is 7.94. The molecule has 2 rings (SSSR count). The summed E-state index contributed by atoms with van der Waals surface area (Å²) in [7, 11) is -3.04. The summed E-state index contributed by atoms with van der Waals surface area (Å²) in [6.07, 6.45) is 8.82. The van der Waals surface area contributed by atoms with E-state index in [-0.39, 0.29) is 0 Å². The lowest BCUT2D eigenvalue weighted by molar-refractivity contribution is 0.566. The molecule has 0 saturated carbocycles. The Morgan fingerprint density at radius 1 is 1.00 bits per heavy atom. The van der Waals surface area contributed by atoms with E-state index in [1.807, 2.05) is 38.2 Å². The smallest absolute Gasteiger partial charge is 0.168 e. The van der Waals surface area contributed by atoms with Crippen LogP contribution in [0.3, 0.4) is 0 Å². The second kappa shape index (κ2) is 2.27. The van der Waals surface area contributed by atoms with Crippen molar-refractivity contribution in [3.8, 4) is 0 Å². The minimum absolute atomic E-state index is 0.634. The molecule has 2 atom stereocenters. The Labute approximate surface area is 79.3 Å². The van der Waals surface area contributed by atoms with Gasteiger partial charge in [-0.2, -0.15) is 0 Å². The SMILES string of the molecule is C[C@]12C=CC=C[C@@](C)(CC1)S2(=O)=O. The van der Waals surface area contributed by atoms with E-state index in [0.29, 0.717) is 0 Å². The van der Waals surface area contributed by atoms with Crippen LogP contribution < -0.4 is 0 Å². The number of allylic oxidation sites excluding steroid dienone is 2. The zero-order valence-electron chi connectivity index (χ0n) is 7.95. The second-order valence-electron chi connectivity index (χ2n) is 4.35. The highest BCUT2D eigenvalue weighted by Crippen LogP contribution is 2.47. The lowest BCUT2D eigenvalue weighted by atomic mass is 9.95. The quantitative estimate of drug-likeness (QED) is 0.595. The normalized spacial score (nSPS) is 46.3. The summed E-state index contributed by atoms with van der Waals surface area (Å²) in [4.78, 5) is 0. The van der Waals surface area contributed by atoms with Gasteiger partial charge in [-0.15, -0.1) is 0 Å². The molecule has 1 saturated heterocycles. The first-order valence-corrected chi connectivity index (χ1v) is 6.01. The molecule has 0 radical (unpaired) electrons. The molecule has 0 spiro atoms. The fraction of sp³-hybridized carbons (Fsp3) is 0.600. The second-order valence-corrected chi connectivity index (χ2v) is 7.22. The zero-order chi connectivity index (χ0) is 9.74. The molecule has 0 aromatic rings. The third-order valence-corrected chi connectivity index (χ3v) is 6.49. The molecule has 0 aromatic heterocycles. The van der Waals surface area contributed by atoms with Crippen LogP contribution in [0, 0.1) is 0 Å². The van der Waals surface area contributed by atoms with Gasteiger partial charge in [0.15, 0.2) is 9.84 Å². The molecule has 13 heavy (non-hydrogen) atoms. The molecule has 3 heteroatoms. The van der Waals surface area contributed by atoms with Gasteiger partial charge < -0.3 is 0 Å². The highest BCUT2D eigenvalue weighted by Gasteiger charge is 2.55. The Kier molecular flexibility index (Phi) is 1.57. The van der Waals surface area contributed by atoms with Crippen LogP contribution >= 0.6 is 0 Å². The third kappa shape index (κ3) is 0.909. The number of rotatable bonds is 0. The standard InChI is InChI=1S/C10H14O2S/c1-9-5-3-4-6-10(2,8-7-9)13(9,11)12/h3-6H,7-8H2,1-2H3/t9-,10-/m0/s1. The molecule has 2 nitrogen and oxygen atoms in total. The lowest BCUT2D eigenvalue weighted by Gasteiger charge is -2.23. The molecule has 2 aliphatic rings. The largest absolute Gasteiger partial charge is 0.227 e. The van der Waals surface area contributed by atoms with Crippen LogP contribution in [-0.2, 0) is 9.84 Å². The van der Waals surface area contributed by atoms with Crippen molar-refractivity contribution in [1.82, 2.24) is 0 Å². The molecule has 2 heterocycles. The molecule has 2 aliphatic heterocycles. The van der Waals surface area contributed by atoms with E-state index in [4.69, 9.17) is 0 Å². The molecule has 2 bridgehead atoms. The van der Waals surface area contributed by atoms with Crippen LogP contribution in [0.4, 0.5) is 0 Å². The molecule has 0 aromatic carbocycles. The molecule has 0 unspecified atom stereocenters. The molecular formula is C10H14O2S. The Balaban J connectivity index is 2.71. The van der Waals surface area contributed by atoms with E-state index in [9.17, 15) is 8.42 Å². The van der Waals surface area contributed by atoms with Crippen molar-refractivity contribution in [2.75, 3.05) is 0 Å². The van der Waals surface area contributed by atoms with Gasteiger partial charge in [0.05, 0.1) is 9.49 Å². The Hall–Kier alpha value is -0.570. The first kappa shape index (κ1) is 9.00. The predicted molar refractivity (Wildman–Crippen MR) is 53.2 cm³/mol. The maximum Gasteiger partial charge on any atom is 0.168 e. The van der Waals surface area contributed by atoms with Gasteiger partial charge in [-0.1, -0.05) is 24.3 Å². The van der Waals surface area contributed by atoms with Crippen molar-refractivity contribution in [3.63, 3.8) is 0 Å². The topological polar surface area (TPSA) is 34.1 Å². The van der Waals surface area contributed by atoms with Gasteiger partial charge >= 0.3 is 0 Å².